The number of carbonyl (C=O) groups excluding carboxylic acids is 2. The number of benzene rings is 1. The Morgan fingerprint density at radius 3 is 2.54 bits per heavy atom. The van der Waals surface area contributed by atoms with Crippen molar-refractivity contribution in [1.82, 2.24) is 14.7 Å². The number of rotatable bonds is 5. The maximum Gasteiger partial charge on any atom is 0.319 e. The van der Waals surface area contributed by atoms with E-state index in [4.69, 9.17) is 0 Å². The van der Waals surface area contributed by atoms with Gasteiger partial charge in [-0.15, -0.1) is 11.3 Å². The van der Waals surface area contributed by atoms with Gasteiger partial charge in [-0.25, -0.2) is 4.79 Å². The molecule has 3 rings (SSSR count). The van der Waals surface area contributed by atoms with Gasteiger partial charge < -0.3 is 14.7 Å². The van der Waals surface area contributed by atoms with Gasteiger partial charge in [0.1, 0.15) is 6.54 Å². The number of thiophene rings is 1. The first-order valence-corrected chi connectivity index (χ1v) is 10.7. The molecule has 0 bridgehead atoms. The van der Waals surface area contributed by atoms with E-state index in [9.17, 15) is 9.59 Å². The molecule has 2 aromatic rings. The molecule has 0 N–H and O–H groups in total. The Morgan fingerprint density at radius 1 is 1.18 bits per heavy atom. The Labute approximate surface area is 171 Å². The van der Waals surface area contributed by atoms with E-state index < -0.39 is 0 Å². The Hall–Kier alpha value is -2.34. The summed E-state index contributed by atoms with van der Waals surface area (Å²) >= 11 is 1.76. The fourth-order valence-corrected chi connectivity index (χ4v) is 4.65. The SMILES string of the molecule is CCCN(CC(=O)N1CCc2sccc2[C@H]1c1ccc(C)cc1)C(=O)N(C)C. The lowest BCUT2D eigenvalue weighted by Gasteiger charge is -2.38. The Balaban J connectivity index is 1.89. The standard InChI is InChI=1S/C22H29N3O2S/c1-5-12-24(22(27)23(3)4)15-20(26)25-13-10-19-18(11-14-28-19)21(25)17-8-6-16(2)7-9-17/h6-9,11,14,21H,5,10,12-13,15H2,1-4H3/t21-/m1/s1. The van der Waals surface area contributed by atoms with E-state index in [1.54, 1.807) is 30.3 Å². The molecule has 28 heavy (non-hydrogen) atoms. The van der Waals surface area contributed by atoms with Gasteiger partial charge in [0.05, 0.1) is 6.04 Å². The van der Waals surface area contributed by atoms with E-state index in [0.717, 1.165) is 18.4 Å². The highest BCUT2D eigenvalue weighted by molar-refractivity contribution is 7.10. The highest BCUT2D eigenvalue weighted by Gasteiger charge is 2.34. The number of hydrogen-bond acceptors (Lipinski definition) is 3. The number of carbonyl (C=O) groups is 2. The molecular formula is C22H29N3O2S. The fraction of sp³-hybridized carbons (Fsp3) is 0.455. The van der Waals surface area contributed by atoms with Crippen LogP contribution in [0, 0.1) is 6.92 Å². The summed E-state index contributed by atoms with van der Waals surface area (Å²) in [6.07, 6.45) is 1.69. The second kappa shape index (κ2) is 8.78. The summed E-state index contributed by atoms with van der Waals surface area (Å²) in [5, 5.41) is 2.11. The minimum atomic E-state index is -0.115. The van der Waals surface area contributed by atoms with Crippen molar-refractivity contribution in [3.05, 3.63) is 57.3 Å². The number of urea groups is 1. The maximum atomic E-state index is 13.3. The van der Waals surface area contributed by atoms with Crippen molar-refractivity contribution in [2.45, 2.75) is 32.7 Å². The van der Waals surface area contributed by atoms with Gasteiger partial charge in [-0.2, -0.15) is 0 Å². The van der Waals surface area contributed by atoms with Gasteiger partial charge in [0.25, 0.3) is 0 Å². The molecule has 1 aliphatic heterocycles. The van der Waals surface area contributed by atoms with Crippen LogP contribution in [0.4, 0.5) is 4.79 Å². The van der Waals surface area contributed by atoms with Crippen LogP contribution in [-0.2, 0) is 11.2 Å². The van der Waals surface area contributed by atoms with Crippen LogP contribution in [0.15, 0.2) is 35.7 Å². The average molecular weight is 400 g/mol. The maximum absolute atomic E-state index is 13.3. The van der Waals surface area contributed by atoms with Crippen LogP contribution >= 0.6 is 11.3 Å². The predicted octanol–water partition coefficient (Wildman–Crippen LogP) is 3.92. The monoisotopic (exact) mass is 399 g/mol. The van der Waals surface area contributed by atoms with Gasteiger partial charge in [-0.1, -0.05) is 36.8 Å². The molecule has 5 nitrogen and oxygen atoms in total. The molecule has 2 heterocycles. The van der Waals surface area contributed by atoms with Crippen molar-refractivity contribution < 1.29 is 9.59 Å². The van der Waals surface area contributed by atoms with Crippen molar-refractivity contribution in [2.75, 3.05) is 33.7 Å². The lowest BCUT2D eigenvalue weighted by molar-refractivity contribution is -0.134. The molecule has 0 aliphatic carbocycles. The molecule has 0 fully saturated rings. The zero-order valence-electron chi connectivity index (χ0n) is 17.1. The molecule has 6 heteroatoms. The van der Waals surface area contributed by atoms with Gasteiger partial charge in [0.2, 0.25) is 5.91 Å². The molecule has 3 amide bonds. The van der Waals surface area contributed by atoms with Crippen LogP contribution < -0.4 is 0 Å². The summed E-state index contributed by atoms with van der Waals surface area (Å²) in [7, 11) is 3.45. The predicted molar refractivity (Wildman–Crippen MR) is 114 cm³/mol. The van der Waals surface area contributed by atoms with Crippen LogP contribution in [0.3, 0.4) is 0 Å². The minimum Gasteiger partial charge on any atom is -0.331 e. The molecular weight excluding hydrogens is 370 g/mol. The molecule has 1 aromatic heterocycles. The Kier molecular flexibility index (Phi) is 6.39. The van der Waals surface area contributed by atoms with Crippen molar-refractivity contribution in [3.63, 3.8) is 0 Å². The van der Waals surface area contributed by atoms with Crippen molar-refractivity contribution in [3.8, 4) is 0 Å². The summed E-state index contributed by atoms with van der Waals surface area (Å²) in [6, 6.07) is 10.4. The van der Waals surface area contributed by atoms with Crippen LogP contribution in [0.1, 0.15) is 41.0 Å². The third-order valence-electron chi connectivity index (χ3n) is 5.15. The first-order chi connectivity index (χ1) is 13.4. The number of nitrogens with zero attached hydrogens (tertiary/aromatic N) is 3. The van der Waals surface area contributed by atoms with E-state index in [-0.39, 0.29) is 24.5 Å². The summed E-state index contributed by atoms with van der Waals surface area (Å²) in [6.45, 7) is 5.47. The lowest BCUT2D eigenvalue weighted by atomic mass is 9.92. The van der Waals surface area contributed by atoms with E-state index in [1.165, 1.54) is 20.9 Å². The van der Waals surface area contributed by atoms with Crippen LogP contribution in [0.2, 0.25) is 0 Å². The van der Waals surface area contributed by atoms with E-state index in [2.05, 4.69) is 42.6 Å². The van der Waals surface area contributed by atoms with Crippen LogP contribution in [0.25, 0.3) is 0 Å². The molecule has 0 radical (unpaired) electrons. The fourth-order valence-electron chi connectivity index (χ4n) is 3.74. The zero-order chi connectivity index (χ0) is 20.3. The van der Waals surface area contributed by atoms with Crippen molar-refractivity contribution in [1.29, 1.82) is 0 Å². The Morgan fingerprint density at radius 2 is 1.89 bits per heavy atom. The molecule has 1 aliphatic rings. The molecule has 1 atom stereocenters. The molecule has 0 spiro atoms. The molecule has 0 saturated carbocycles. The van der Waals surface area contributed by atoms with Gasteiger partial charge in [-0.3, -0.25) is 4.79 Å². The number of aryl methyl sites for hydroxylation is 1. The third-order valence-corrected chi connectivity index (χ3v) is 6.15. The smallest absolute Gasteiger partial charge is 0.319 e. The topological polar surface area (TPSA) is 43.9 Å². The van der Waals surface area contributed by atoms with Crippen LogP contribution in [0.5, 0.6) is 0 Å². The van der Waals surface area contributed by atoms with E-state index >= 15 is 0 Å². The normalized spacial score (nSPS) is 15.9. The van der Waals surface area contributed by atoms with Gasteiger partial charge >= 0.3 is 6.03 Å². The van der Waals surface area contributed by atoms with Crippen molar-refractivity contribution in [2.24, 2.45) is 0 Å². The quantitative estimate of drug-likeness (QED) is 0.765. The summed E-state index contributed by atoms with van der Waals surface area (Å²) in [4.78, 5) is 32.3. The average Bonchev–Trinajstić information content (AvgIpc) is 3.15. The third kappa shape index (κ3) is 4.22. The lowest BCUT2D eigenvalue weighted by Crippen LogP contribution is -2.49. The van der Waals surface area contributed by atoms with E-state index in [1.807, 2.05) is 11.8 Å². The number of hydrogen-bond donors (Lipinski definition) is 0. The van der Waals surface area contributed by atoms with Crippen LogP contribution in [-0.4, -0.2) is 60.4 Å². The largest absolute Gasteiger partial charge is 0.331 e. The first-order valence-electron chi connectivity index (χ1n) is 9.81. The van der Waals surface area contributed by atoms with Crippen molar-refractivity contribution >= 4 is 23.3 Å². The molecule has 0 unspecified atom stereocenters. The van der Waals surface area contributed by atoms with Gasteiger partial charge in [0.15, 0.2) is 0 Å². The van der Waals surface area contributed by atoms with E-state index in [0.29, 0.717) is 13.1 Å². The summed E-state index contributed by atoms with van der Waals surface area (Å²) in [5.41, 5.74) is 3.54. The van der Waals surface area contributed by atoms with Gasteiger partial charge in [0, 0.05) is 32.1 Å². The Bertz CT molecular complexity index is 829. The second-order valence-electron chi connectivity index (χ2n) is 7.55. The van der Waals surface area contributed by atoms with Gasteiger partial charge in [-0.05, 0) is 42.3 Å². The molecule has 0 saturated heterocycles. The first kappa shape index (κ1) is 20.4. The summed E-state index contributed by atoms with van der Waals surface area (Å²) < 4.78 is 0. The number of fused-ring (bicyclic) bond motifs is 1. The number of amides is 3. The summed E-state index contributed by atoms with van der Waals surface area (Å²) in [5.74, 6) is 0.00562. The highest BCUT2D eigenvalue weighted by atomic mass is 32.1. The second-order valence-corrected chi connectivity index (χ2v) is 8.55. The highest BCUT2D eigenvalue weighted by Crippen LogP contribution is 2.37. The zero-order valence-corrected chi connectivity index (χ0v) is 18.0. The minimum absolute atomic E-state index is 0.00562. The molecule has 1 aromatic carbocycles. The molecule has 150 valence electrons.